The van der Waals surface area contributed by atoms with Crippen LogP contribution >= 0.6 is 0 Å². The van der Waals surface area contributed by atoms with Crippen molar-refractivity contribution in [1.82, 2.24) is 0 Å². The minimum atomic E-state index is -4.50. The van der Waals surface area contributed by atoms with Crippen LogP contribution in [0, 0.1) is 0 Å². The number of benzene rings is 2. The summed E-state index contributed by atoms with van der Waals surface area (Å²) in [5, 5.41) is 2.16. The molecule has 0 saturated carbocycles. The van der Waals surface area contributed by atoms with Gasteiger partial charge in [0, 0.05) is 6.08 Å². The van der Waals surface area contributed by atoms with Crippen molar-refractivity contribution >= 4 is 33.4 Å². The van der Waals surface area contributed by atoms with Gasteiger partial charge in [0.25, 0.3) is 10.0 Å². The van der Waals surface area contributed by atoms with Crippen LogP contribution in [0.25, 0.3) is 6.08 Å². The summed E-state index contributed by atoms with van der Waals surface area (Å²) in [4.78, 5) is 11.0. The first-order chi connectivity index (χ1) is 15.0. The molecule has 0 saturated heterocycles. The number of methoxy groups -OCH3 is 3. The quantitative estimate of drug-likeness (QED) is 0.422. The number of halogens is 3. The van der Waals surface area contributed by atoms with E-state index in [4.69, 9.17) is 9.47 Å². The van der Waals surface area contributed by atoms with Crippen molar-refractivity contribution in [1.29, 1.82) is 0 Å². The highest BCUT2D eigenvalue weighted by atomic mass is 32.2. The van der Waals surface area contributed by atoms with Gasteiger partial charge in [0.05, 0.1) is 32.7 Å². The molecule has 0 amide bonds. The fourth-order valence-corrected chi connectivity index (χ4v) is 3.90. The van der Waals surface area contributed by atoms with E-state index >= 15 is 0 Å². The van der Waals surface area contributed by atoms with Crippen LogP contribution in [0.15, 0.2) is 47.4 Å². The van der Waals surface area contributed by atoms with E-state index < -0.39 is 28.7 Å². The van der Waals surface area contributed by atoms with Gasteiger partial charge in [-0.15, -0.1) is 0 Å². The Bertz CT molecular complexity index is 1100. The third-order valence-corrected chi connectivity index (χ3v) is 5.39. The number of rotatable bonds is 9. The molecule has 0 radical (unpaired) electrons. The van der Waals surface area contributed by atoms with Crippen molar-refractivity contribution in [2.45, 2.75) is 11.1 Å². The van der Waals surface area contributed by atoms with E-state index in [1.54, 1.807) is 0 Å². The smallest absolute Gasteiger partial charge is 0.405 e. The third-order valence-electron chi connectivity index (χ3n) is 4.02. The highest BCUT2D eigenvalue weighted by molar-refractivity contribution is 7.92. The molecule has 174 valence electrons. The molecule has 0 atom stereocenters. The molecule has 0 fully saturated rings. The monoisotopic (exact) mass is 474 g/mol. The third kappa shape index (κ3) is 6.54. The molecule has 2 aromatic rings. The summed E-state index contributed by atoms with van der Waals surface area (Å²) in [6.07, 6.45) is -2.10. The van der Waals surface area contributed by atoms with Crippen molar-refractivity contribution in [2.24, 2.45) is 0 Å². The Hall–Kier alpha value is -3.41. The average Bonchev–Trinajstić information content (AvgIpc) is 2.75. The Kier molecular flexibility index (Phi) is 7.97. The molecule has 0 aliphatic heterocycles. The number of carbonyl (C=O) groups excluding carboxylic acids is 1. The zero-order chi connectivity index (χ0) is 23.9. The fraction of sp³-hybridized carbons (Fsp3) is 0.250. The van der Waals surface area contributed by atoms with Gasteiger partial charge >= 0.3 is 12.1 Å². The van der Waals surface area contributed by atoms with Crippen LogP contribution in [0.3, 0.4) is 0 Å². The van der Waals surface area contributed by atoms with Gasteiger partial charge in [-0.3, -0.25) is 4.72 Å². The van der Waals surface area contributed by atoms with Crippen molar-refractivity contribution in [2.75, 3.05) is 37.9 Å². The molecular formula is C20H21F3N2O6S. The van der Waals surface area contributed by atoms with E-state index in [1.807, 2.05) is 0 Å². The summed E-state index contributed by atoms with van der Waals surface area (Å²) in [6, 6.07) is 8.19. The lowest BCUT2D eigenvalue weighted by Gasteiger charge is -2.18. The van der Waals surface area contributed by atoms with Crippen LogP contribution in [0.4, 0.5) is 24.5 Å². The second-order valence-corrected chi connectivity index (χ2v) is 7.88. The minimum absolute atomic E-state index is 0.0587. The highest BCUT2D eigenvalue weighted by Crippen LogP contribution is 2.37. The number of para-hydroxylation sites is 2. The number of anilines is 2. The molecule has 8 nitrogen and oxygen atoms in total. The van der Waals surface area contributed by atoms with Gasteiger partial charge in [0.1, 0.15) is 11.4 Å². The maximum atomic E-state index is 13.1. The Morgan fingerprint density at radius 3 is 2.28 bits per heavy atom. The van der Waals surface area contributed by atoms with E-state index in [0.29, 0.717) is 0 Å². The first-order valence-corrected chi connectivity index (χ1v) is 10.4. The Morgan fingerprint density at radius 2 is 1.72 bits per heavy atom. The molecule has 2 rings (SSSR count). The molecule has 12 heteroatoms. The lowest BCUT2D eigenvalue weighted by molar-refractivity contribution is -0.134. The van der Waals surface area contributed by atoms with E-state index in [2.05, 4.69) is 14.8 Å². The number of hydrogen-bond acceptors (Lipinski definition) is 7. The second kappa shape index (κ2) is 10.3. The Morgan fingerprint density at radius 1 is 1.06 bits per heavy atom. The maximum absolute atomic E-state index is 13.1. The number of sulfonamides is 1. The van der Waals surface area contributed by atoms with Crippen LogP contribution in [0.5, 0.6) is 11.5 Å². The Balaban J connectivity index is 2.50. The molecule has 0 unspecified atom stereocenters. The maximum Gasteiger partial charge on any atom is 0.405 e. The number of nitrogens with one attached hydrogen (secondary N) is 2. The normalized spacial score (nSPS) is 11.8. The predicted octanol–water partition coefficient (Wildman–Crippen LogP) is 3.67. The largest absolute Gasteiger partial charge is 0.493 e. The number of esters is 1. The molecule has 2 aromatic carbocycles. The number of alkyl halides is 3. The summed E-state index contributed by atoms with van der Waals surface area (Å²) in [6.45, 7) is -1.35. The van der Waals surface area contributed by atoms with Gasteiger partial charge in [-0.05, 0) is 35.9 Å². The van der Waals surface area contributed by atoms with Crippen molar-refractivity contribution < 1.29 is 40.6 Å². The van der Waals surface area contributed by atoms with Gasteiger partial charge in [-0.1, -0.05) is 12.1 Å². The first-order valence-electron chi connectivity index (χ1n) is 8.95. The fourth-order valence-electron chi connectivity index (χ4n) is 2.60. The van der Waals surface area contributed by atoms with Crippen molar-refractivity contribution in [3.8, 4) is 11.5 Å². The molecule has 0 bridgehead atoms. The topological polar surface area (TPSA) is 103 Å². The first kappa shape index (κ1) is 24.9. The zero-order valence-corrected chi connectivity index (χ0v) is 18.1. The van der Waals surface area contributed by atoms with Gasteiger partial charge in [-0.25, -0.2) is 13.2 Å². The van der Waals surface area contributed by atoms with Crippen LogP contribution in [0.2, 0.25) is 0 Å². The summed E-state index contributed by atoms with van der Waals surface area (Å²) in [5.41, 5.74) is 0.103. The van der Waals surface area contributed by atoms with E-state index in [1.165, 1.54) is 63.8 Å². The molecule has 0 aliphatic rings. The van der Waals surface area contributed by atoms with Crippen LogP contribution in [-0.4, -0.2) is 48.4 Å². The lowest BCUT2D eigenvalue weighted by Crippen LogP contribution is -2.22. The number of carbonyl (C=O) groups is 1. The molecule has 0 aromatic heterocycles. The molecule has 2 N–H and O–H groups in total. The molecule has 32 heavy (non-hydrogen) atoms. The van der Waals surface area contributed by atoms with Crippen LogP contribution in [0.1, 0.15) is 5.56 Å². The number of hydrogen-bond donors (Lipinski definition) is 2. The van der Waals surface area contributed by atoms with E-state index in [-0.39, 0.29) is 33.3 Å². The molecule has 0 spiro atoms. The zero-order valence-electron chi connectivity index (χ0n) is 17.3. The second-order valence-electron chi connectivity index (χ2n) is 6.23. The number of ether oxygens (including phenoxy) is 3. The highest BCUT2D eigenvalue weighted by Gasteiger charge is 2.28. The van der Waals surface area contributed by atoms with Crippen molar-refractivity contribution in [3.63, 3.8) is 0 Å². The summed E-state index contributed by atoms with van der Waals surface area (Å²) < 4.78 is 81.2. The van der Waals surface area contributed by atoms with Gasteiger partial charge in [0.15, 0.2) is 11.5 Å². The van der Waals surface area contributed by atoms with Gasteiger partial charge < -0.3 is 19.5 Å². The van der Waals surface area contributed by atoms with E-state index in [0.717, 1.165) is 6.08 Å². The van der Waals surface area contributed by atoms with Crippen LogP contribution < -0.4 is 19.5 Å². The summed E-state index contributed by atoms with van der Waals surface area (Å²) in [5.74, 6) is -0.730. The van der Waals surface area contributed by atoms with Gasteiger partial charge in [0.2, 0.25) is 0 Å². The summed E-state index contributed by atoms with van der Waals surface area (Å²) in [7, 11) is -0.639. The molecule has 0 heterocycles. The molecule has 0 aliphatic carbocycles. The Labute approximate surface area is 183 Å². The minimum Gasteiger partial charge on any atom is -0.493 e. The van der Waals surface area contributed by atoms with E-state index in [9.17, 15) is 26.4 Å². The summed E-state index contributed by atoms with van der Waals surface area (Å²) >= 11 is 0. The predicted molar refractivity (Wildman–Crippen MR) is 112 cm³/mol. The van der Waals surface area contributed by atoms with Crippen LogP contribution in [-0.2, 0) is 19.6 Å². The van der Waals surface area contributed by atoms with Gasteiger partial charge in [-0.2, -0.15) is 13.2 Å². The standard InChI is InChI=1S/C20H21F3N2O6S/c1-29-16-10-13(8-9-18(26)30-2)11-17(19(16)31-3)32(27,28)25-15-7-5-4-6-14(15)24-12-20(21,22)23/h4-11,24-25H,12H2,1-3H3/b9-8+. The lowest BCUT2D eigenvalue weighted by atomic mass is 10.2. The SMILES string of the molecule is COC(=O)/C=C/c1cc(OC)c(OC)c(S(=O)(=O)Nc2ccccc2NCC(F)(F)F)c1. The molecular weight excluding hydrogens is 453 g/mol. The van der Waals surface area contributed by atoms with Crippen molar-refractivity contribution in [3.05, 3.63) is 48.0 Å². The average molecular weight is 474 g/mol.